The molecule has 1 heterocycles. The maximum atomic E-state index is 11.8. The number of hydrogen-bond acceptors (Lipinski definition) is 5. The van der Waals surface area contributed by atoms with E-state index in [9.17, 15) is 9.59 Å². The van der Waals surface area contributed by atoms with E-state index in [0.717, 1.165) is 11.3 Å². The number of carbonyl (C=O) groups is 1. The molecular formula is C13H16N4O3S. The average Bonchev–Trinajstić information content (AvgIpc) is 2.83. The number of methoxy groups -OCH3 is 1. The van der Waals surface area contributed by atoms with Gasteiger partial charge in [-0.2, -0.15) is 0 Å². The van der Waals surface area contributed by atoms with E-state index in [2.05, 4.69) is 15.5 Å². The molecule has 0 bridgehead atoms. The monoisotopic (exact) mass is 308 g/mol. The second-order valence-electron chi connectivity index (χ2n) is 4.29. The molecule has 0 fully saturated rings. The van der Waals surface area contributed by atoms with Gasteiger partial charge in [0.15, 0.2) is 5.16 Å². The lowest BCUT2D eigenvalue weighted by molar-refractivity contribution is -0.118. The Morgan fingerprint density at radius 2 is 2.33 bits per heavy atom. The van der Waals surface area contributed by atoms with E-state index in [1.807, 2.05) is 24.3 Å². The van der Waals surface area contributed by atoms with E-state index in [4.69, 9.17) is 4.74 Å². The first-order valence-corrected chi connectivity index (χ1v) is 7.22. The maximum Gasteiger partial charge on any atom is 0.343 e. The number of benzene rings is 1. The van der Waals surface area contributed by atoms with Crippen LogP contribution in [0.2, 0.25) is 0 Å². The van der Waals surface area contributed by atoms with Crippen molar-refractivity contribution in [1.29, 1.82) is 0 Å². The van der Waals surface area contributed by atoms with E-state index in [1.54, 1.807) is 14.2 Å². The number of amides is 1. The van der Waals surface area contributed by atoms with E-state index in [-0.39, 0.29) is 17.3 Å². The van der Waals surface area contributed by atoms with Crippen LogP contribution in [-0.2, 0) is 18.4 Å². The van der Waals surface area contributed by atoms with Crippen molar-refractivity contribution < 1.29 is 9.53 Å². The zero-order valence-corrected chi connectivity index (χ0v) is 12.6. The summed E-state index contributed by atoms with van der Waals surface area (Å²) in [6.07, 6.45) is 0. The summed E-state index contributed by atoms with van der Waals surface area (Å²) in [6.45, 7) is 0.427. The van der Waals surface area contributed by atoms with Gasteiger partial charge in [-0.1, -0.05) is 23.9 Å². The van der Waals surface area contributed by atoms with Crippen molar-refractivity contribution in [3.8, 4) is 5.75 Å². The number of hydrogen-bond donors (Lipinski definition) is 2. The molecule has 0 spiro atoms. The van der Waals surface area contributed by atoms with Crippen LogP contribution in [0.15, 0.2) is 34.2 Å². The number of thioether (sulfide) groups is 1. The molecule has 1 amide bonds. The molecule has 21 heavy (non-hydrogen) atoms. The molecule has 2 aromatic rings. The molecule has 2 rings (SSSR count). The number of aromatic nitrogens is 3. The van der Waals surface area contributed by atoms with E-state index in [1.165, 1.54) is 16.3 Å². The van der Waals surface area contributed by atoms with Gasteiger partial charge in [0, 0.05) is 13.6 Å². The van der Waals surface area contributed by atoms with Crippen LogP contribution in [0.25, 0.3) is 0 Å². The molecule has 2 N–H and O–H groups in total. The van der Waals surface area contributed by atoms with Gasteiger partial charge >= 0.3 is 5.69 Å². The number of nitrogens with zero attached hydrogens (tertiary/aromatic N) is 2. The van der Waals surface area contributed by atoms with Gasteiger partial charge in [0.05, 0.1) is 12.9 Å². The second-order valence-corrected chi connectivity index (χ2v) is 5.23. The van der Waals surface area contributed by atoms with Crippen LogP contribution >= 0.6 is 11.8 Å². The number of aromatic amines is 1. The first-order chi connectivity index (χ1) is 10.1. The Kier molecular flexibility index (Phi) is 5.04. The van der Waals surface area contributed by atoms with Crippen LogP contribution in [-0.4, -0.2) is 33.5 Å². The van der Waals surface area contributed by atoms with Crippen molar-refractivity contribution >= 4 is 17.7 Å². The van der Waals surface area contributed by atoms with E-state index < -0.39 is 0 Å². The third-order valence-corrected chi connectivity index (χ3v) is 3.82. The molecule has 7 nitrogen and oxygen atoms in total. The molecule has 0 saturated heterocycles. The molecule has 0 aliphatic heterocycles. The molecule has 0 radical (unpaired) electrons. The quantitative estimate of drug-likeness (QED) is 0.760. The van der Waals surface area contributed by atoms with Gasteiger partial charge in [0.1, 0.15) is 5.75 Å². The fourth-order valence-electron chi connectivity index (χ4n) is 1.63. The van der Waals surface area contributed by atoms with Gasteiger partial charge in [-0.05, 0) is 17.7 Å². The lowest BCUT2D eigenvalue weighted by atomic mass is 10.2. The summed E-state index contributed by atoms with van der Waals surface area (Å²) < 4.78 is 6.48. The topological polar surface area (TPSA) is 89.0 Å². The number of rotatable bonds is 6. The van der Waals surface area contributed by atoms with E-state index >= 15 is 0 Å². The minimum Gasteiger partial charge on any atom is -0.497 e. The van der Waals surface area contributed by atoms with Crippen molar-refractivity contribution in [2.45, 2.75) is 11.7 Å². The van der Waals surface area contributed by atoms with Gasteiger partial charge in [-0.15, -0.1) is 5.10 Å². The summed E-state index contributed by atoms with van der Waals surface area (Å²) in [4.78, 5) is 22.9. The van der Waals surface area contributed by atoms with Crippen LogP contribution in [0.3, 0.4) is 0 Å². The second kappa shape index (κ2) is 6.98. The molecule has 112 valence electrons. The summed E-state index contributed by atoms with van der Waals surface area (Å²) in [5.74, 6) is 0.822. The Hall–Kier alpha value is -2.22. The molecule has 8 heteroatoms. The van der Waals surface area contributed by atoms with Crippen LogP contribution in [0.4, 0.5) is 0 Å². The standard InChI is InChI=1S/C13H16N4O3S/c1-17-12(19)15-16-13(17)21-8-11(18)14-7-9-4-3-5-10(6-9)20-2/h3-6H,7-8H2,1-2H3,(H,14,18)(H,15,19). The Balaban J connectivity index is 1.82. The zero-order valence-electron chi connectivity index (χ0n) is 11.8. The Morgan fingerprint density at radius 1 is 1.52 bits per heavy atom. The lowest BCUT2D eigenvalue weighted by Crippen LogP contribution is -2.24. The summed E-state index contributed by atoms with van der Waals surface area (Å²) in [5, 5.41) is 9.43. The Bertz CT molecular complexity index is 680. The van der Waals surface area contributed by atoms with Gasteiger partial charge in [-0.3, -0.25) is 9.36 Å². The largest absolute Gasteiger partial charge is 0.497 e. The molecule has 0 unspecified atom stereocenters. The first-order valence-electron chi connectivity index (χ1n) is 6.24. The maximum absolute atomic E-state index is 11.8. The Labute approximate surface area is 125 Å². The SMILES string of the molecule is COc1cccc(CNC(=O)CSc2n[nH]c(=O)n2C)c1. The minimum absolute atomic E-state index is 0.127. The predicted octanol–water partition coefficient (Wildman–Crippen LogP) is 0.525. The lowest BCUT2D eigenvalue weighted by Gasteiger charge is -2.06. The highest BCUT2D eigenvalue weighted by atomic mass is 32.2. The fraction of sp³-hybridized carbons (Fsp3) is 0.308. The first kappa shape index (κ1) is 15.2. The molecule has 1 aromatic carbocycles. The van der Waals surface area contributed by atoms with Crippen molar-refractivity contribution in [1.82, 2.24) is 20.1 Å². The predicted molar refractivity (Wildman–Crippen MR) is 79.4 cm³/mol. The van der Waals surface area contributed by atoms with Crippen molar-refractivity contribution in [3.63, 3.8) is 0 Å². The fourth-order valence-corrected chi connectivity index (χ4v) is 2.37. The van der Waals surface area contributed by atoms with Crippen LogP contribution in [0.1, 0.15) is 5.56 Å². The third kappa shape index (κ3) is 4.12. The van der Waals surface area contributed by atoms with Crippen molar-refractivity contribution in [2.24, 2.45) is 7.05 Å². The average molecular weight is 308 g/mol. The van der Waals surface area contributed by atoms with Gasteiger partial charge in [-0.25, -0.2) is 9.89 Å². The van der Waals surface area contributed by atoms with Crippen molar-refractivity contribution in [2.75, 3.05) is 12.9 Å². The summed E-state index contributed by atoms with van der Waals surface area (Å²) in [7, 11) is 3.20. The number of nitrogens with one attached hydrogen (secondary N) is 2. The molecule has 0 atom stereocenters. The van der Waals surface area contributed by atoms with Crippen molar-refractivity contribution in [3.05, 3.63) is 40.3 Å². The number of ether oxygens (including phenoxy) is 1. The smallest absolute Gasteiger partial charge is 0.343 e. The van der Waals surface area contributed by atoms with Gasteiger partial charge in [0.25, 0.3) is 0 Å². The summed E-state index contributed by atoms with van der Waals surface area (Å²) >= 11 is 1.20. The zero-order chi connectivity index (χ0) is 15.2. The molecule has 0 saturated carbocycles. The number of carbonyl (C=O) groups excluding carboxylic acids is 1. The Morgan fingerprint density at radius 3 is 3.00 bits per heavy atom. The van der Waals surface area contributed by atoms with Gasteiger partial charge in [0.2, 0.25) is 5.91 Å². The highest BCUT2D eigenvalue weighted by Gasteiger charge is 2.08. The normalized spacial score (nSPS) is 10.4. The molecule has 1 aromatic heterocycles. The number of H-pyrrole nitrogens is 1. The van der Waals surface area contributed by atoms with Gasteiger partial charge < -0.3 is 10.1 Å². The molecular weight excluding hydrogens is 292 g/mol. The van der Waals surface area contributed by atoms with Crippen LogP contribution in [0, 0.1) is 0 Å². The molecule has 0 aliphatic carbocycles. The highest BCUT2D eigenvalue weighted by Crippen LogP contribution is 2.13. The molecule has 0 aliphatic rings. The summed E-state index contributed by atoms with van der Waals surface area (Å²) in [5.41, 5.74) is 0.661. The van der Waals surface area contributed by atoms with Crippen LogP contribution in [0.5, 0.6) is 5.75 Å². The van der Waals surface area contributed by atoms with E-state index in [0.29, 0.717) is 11.7 Å². The third-order valence-electron chi connectivity index (χ3n) is 2.79. The van der Waals surface area contributed by atoms with Crippen LogP contribution < -0.4 is 15.7 Å². The minimum atomic E-state index is -0.297. The highest BCUT2D eigenvalue weighted by molar-refractivity contribution is 7.99. The summed E-state index contributed by atoms with van der Waals surface area (Å²) in [6, 6.07) is 7.49.